The van der Waals surface area contributed by atoms with Crippen molar-refractivity contribution in [3.8, 4) is 0 Å². The molecule has 100 heavy (non-hydrogen) atoms. The Morgan fingerprint density at radius 1 is 0.300 bits per heavy atom. The van der Waals surface area contributed by atoms with E-state index in [2.05, 4.69) is 72.4 Å². The van der Waals surface area contributed by atoms with E-state index in [9.17, 15) is 0 Å². The molecule has 4 heterocycles. The Kier molecular flexibility index (Phi) is 114. The van der Waals surface area contributed by atoms with Crippen molar-refractivity contribution in [3.05, 3.63) is 0 Å². The van der Waals surface area contributed by atoms with Crippen LogP contribution < -0.4 is 0 Å². The molecule has 0 aromatic heterocycles. The van der Waals surface area contributed by atoms with Gasteiger partial charge in [-0.05, 0) is 146 Å². The van der Waals surface area contributed by atoms with Gasteiger partial charge in [-0.2, -0.15) is 0 Å². The minimum absolute atomic E-state index is 0. The molecule has 11 unspecified atom stereocenters. The monoisotopic (exact) mass is 1900 g/mol. The Morgan fingerprint density at radius 2 is 0.530 bits per heavy atom. The lowest BCUT2D eigenvalue weighted by atomic mass is 10.5. The van der Waals surface area contributed by atoms with Crippen molar-refractivity contribution < 1.29 is 107 Å². The summed E-state index contributed by atoms with van der Waals surface area (Å²) in [7, 11) is -45.1. The largest absolute Gasteiger partial charge is 0.641 e. The predicted molar refractivity (Wildman–Crippen MR) is 495 cm³/mol. The highest BCUT2D eigenvalue weighted by atomic mass is 28.5. The van der Waals surface area contributed by atoms with Crippen LogP contribution in [0.5, 0.6) is 0 Å². The molecule has 0 N–H and O–H groups in total. The fourth-order valence-electron chi connectivity index (χ4n) is 8.17. The topological polar surface area (TPSA) is 240 Å². The van der Waals surface area contributed by atoms with Gasteiger partial charge in [0.1, 0.15) is 29.3 Å². The Morgan fingerprint density at radius 3 is 0.850 bits per heavy atom. The smallest absolute Gasteiger partial charge is 0.446 e. The van der Waals surface area contributed by atoms with E-state index in [1.807, 2.05) is 158 Å². The molecule has 0 aromatic rings. The van der Waals surface area contributed by atoms with Gasteiger partial charge >= 0.3 is 46.2 Å². The summed E-state index contributed by atoms with van der Waals surface area (Å²) in [4.78, 5) is 0. The van der Waals surface area contributed by atoms with Gasteiger partial charge in [0.15, 0.2) is 17.4 Å². The molecule has 0 spiro atoms. The SMILES string of the molecule is C.C.C.CC.CC.CC.CC.CC.CC.CC.CC.CC.CC.CC1C[SiH](C)O[SiH](C)O[SiH](CC[SiH2]O[SiH2]O[SiH2]O[Si](O[SiH2]O[SiH2]CC[SiH]2O[SiH](C)O[SiH](C)O[SiH](C)O2)(O[SiH2]O[SiH2]O[SiH2]CC[SiH]2O[SiH](C)O[SiH](C)O[SiH](C)O2)O[SiH2]O[SiH2]O[Si](C)(C)CC[SiH]2O[SiH](C)O[SiH](C)O[SiH](C)O2)O1. The first-order valence-electron chi connectivity index (χ1n) is 37.2. The first kappa shape index (κ1) is 126. The molecule has 620 valence electrons. The van der Waals surface area contributed by atoms with Crippen molar-refractivity contribution in [2.75, 3.05) is 0 Å². The van der Waals surface area contributed by atoms with Crippen LogP contribution >= 0.6 is 0 Å². The molecule has 4 aliphatic rings. The minimum Gasteiger partial charge on any atom is -0.446 e. The Balaban J connectivity index is -0.000000403. The van der Waals surface area contributed by atoms with Gasteiger partial charge in [0.05, 0.1) is 0 Å². The van der Waals surface area contributed by atoms with Crippen molar-refractivity contribution in [2.45, 2.75) is 313 Å². The van der Waals surface area contributed by atoms with Gasteiger partial charge in [-0.15, -0.1) is 0 Å². The Hall–Kier alpha value is 4.82. The van der Waals surface area contributed by atoms with E-state index in [0.717, 1.165) is 54.4 Å². The van der Waals surface area contributed by atoms with Crippen LogP contribution in [0.3, 0.4) is 0 Å². The second kappa shape index (κ2) is 91.0. The Labute approximate surface area is 670 Å². The fraction of sp³-hybridized carbons (Fsp3) is 1.00. The molecule has 4 saturated heterocycles. The van der Waals surface area contributed by atoms with Crippen molar-refractivity contribution in [1.82, 2.24) is 0 Å². The first-order chi connectivity index (χ1) is 46.7. The molecule has 53 heteroatoms. The number of rotatable bonds is 34. The maximum Gasteiger partial charge on any atom is 0.641 e. The van der Waals surface area contributed by atoms with E-state index in [0.29, 0.717) is 0 Å². The molecular weight excluding hydrogens is 1740 g/mol. The highest BCUT2D eigenvalue weighted by Gasteiger charge is 2.45. The average molecular weight is 1910 g/mol. The van der Waals surface area contributed by atoms with Gasteiger partial charge in [0, 0.05) is 6.10 Å². The molecule has 4 fully saturated rings. The van der Waals surface area contributed by atoms with Crippen molar-refractivity contribution in [2.24, 2.45) is 0 Å². The molecule has 4 aliphatic heterocycles. The molecule has 0 saturated carbocycles. The summed E-state index contributed by atoms with van der Waals surface area (Å²) in [5.74, 6) is 0. The van der Waals surface area contributed by atoms with E-state index in [1.165, 1.54) is 0 Å². The average Bonchev–Trinajstić information content (AvgIpc) is 0.902. The minimum atomic E-state index is -3.81. The second-order valence-electron chi connectivity index (χ2n) is 19.4. The molecule has 11 atom stereocenters. The second-order valence-corrected chi connectivity index (χ2v) is 79.7. The van der Waals surface area contributed by atoms with Gasteiger partial charge in [-0.1, -0.05) is 161 Å². The summed E-state index contributed by atoms with van der Waals surface area (Å²) >= 11 is 0. The van der Waals surface area contributed by atoms with Gasteiger partial charge < -0.3 is 107 Å². The summed E-state index contributed by atoms with van der Waals surface area (Å²) in [6.45, 7) is 69.4. The molecule has 0 radical (unpaired) electrons. The van der Waals surface area contributed by atoms with E-state index in [1.54, 1.807) is 0 Å². The van der Waals surface area contributed by atoms with Crippen LogP contribution in [0.4, 0.5) is 0 Å². The predicted octanol–water partition coefficient (Wildman–Crippen LogP) is 2.91. The summed E-state index contributed by atoms with van der Waals surface area (Å²) in [6, 6.07) is 8.25. The van der Waals surface area contributed by atoms with Gasteiger partial charge in [0.25, 0.3) is 163 Å². The lowest BCUT2D eigenvalue weighted by Crippen LogP contribution is -2.54. The first-order valence-corrected chi connectivity index (χ1v) is 85.2. The zero-order valence-electron chi connectivity index (χ0n) is 68.3. The van der Waals surface area contributed by atoms with E-state index in [4.69, 9.17) is 107 Å². The Bertz CT molecular complexity index is 1450. The molecular formula is C47H168O26Si27. The molecule has 0 aliphatic carbocycles. The number of hydrogen-bond donors (Lipinski definition) is 0. The van der Waals surface area contributed by atoms with Crippen LogP contribution in [0.15, 0.2) is 0 Å². The van der Waals surface area contributed by atoms with Crippen LogP contribution in [-0.4, -0.2) is 262 Å². The molecule has 0 amide bonds. The lowest BCUT2D eigenvalue weighted by Gasteiger charge is -2.32. The maximum atomic E-state index is 6.58. The highest BCUT2D eigenvalue weighted by Crippen LogP contribution is 2.21. The molecule has 0 bridgehead atoms. The van der Waals surface area contributed by atoms with E-state index < -0.39 is 256 Å². The maximum absolute atomic E-state index is 6.58. The summed E-state index contributed by atoms with van der Waals surface area (Å²) in [5, 5.41) is 0. The van der Waals surface area contributed by atoms with Crippen LogP contribution in [-0.2, 0) is 107 Å². The van der Waals surface area contributed by atoms with Crippen molar-refractivity contribution in [3.63, 3.8) is 0 Å². The van der Waals surface area contributed by atoms with Crippen molar-refractivity contribution >= 4 is 256 Å². The third-order valence-electron chi connectivity index (χ3n) is 11.5. The molecule has 4 rings (SSSR count). The van der Waals surface area contributed by atoms with Gasteiger partial charge in [0.2, 0.25) is 0 Å². The normalized spacial score (nSPS) is 28.3. The standard InChI is InChI=1S/C24H96O26Si27.10C2H6.3CH4/c1-24-23-61(2)37-62(3)44-72(25-24)18-15-51-26-54-29-58-34-77(33-56-28-53-17-20-74-47-68(9)40-64(5)41-69(10)48-74,35-59-30-55-27-52-16-19-73-45-66(7)38-63(4)39-67(8)46-73)36-60-31-57-32-76(13,14)22-21-75-49-70(11)42-65(6)43-71(12)50-75;10*1-2;;;/h24,61-75H,15-23,51-60H2,1-14H3;10*1-2H3;3*1H4. The van der Waals surface area contributed by atoms with Gasteiger partial charge in [-0.25, -0.2) is 0 Å². The zero-order valence-corrected chi connectivity index (χ0v) is 102. The van der Waals surface area contributed by atoms with Crippen molar-refractivity contribution in [1.29, 1.82) is 0 Å². The number of hydrogen-bond acceptors (Lipinski definition) is 26. The molecule has 26 nitrogen and oxygen atoms in total. The summed E-state index contributed by atoms with van der Waals surface area (Å²) in [6.07, 6.45) is 0.192. The highest BCUT2D eigenvalue weighted by molar-refractivity contribution is 6.79. The van der Waals surface area contributed by atoms with Crippen LogP contribution in [0.2, 0.25) is 140 Å². The zero-order chi connectivity index (χ0) is 76.1. The lowest BCUT2D eigenvalue weighted by molar-refractivity contribution is 0.140. The van der Waals surface area contributed by atoms with Crippen LogP contribution in [0, 0.1) is 0 Å². The van der Waals surface area contributed by atoms with E-state index in [-0.39, 0.29) is 28.4 Å². The summed E-state index contributed by atoms with van der Waals surface area (Å²) < 4.78 is 164. The van der Waals surface area contributed by atoms with Gasteiger partial charge in [-0.3, -0.25) is 0 Å². The van der Waals surface area contributed by atoms with E-state index >= 15 is 0 Å². The molecule has 0 aromatic carbocycles. The van der Waals surface area contributed by atoms with Crippen LogP contribution in [0.1, 0.15) is 168 Å². The van der Waals surface area contributed by atoms with Crippen LogP contribution in [0.25, 0.3) is 0 Å². The fourth-order valence-corrected chi connectivity index (χ4v) is 86.6. The third kappa shape index (κ3) is 75.5. The summed E-state index contributed by atoms with van der Waals surface area (Å²) in [5.41, 5.74) is 0. The third-order valence-corrected chi connectivity index (χ3v) is 85.2. The quantitative estimate of drug-likeness (QED) is 0.0665.